The number of aliphatic imine (C=N–C) groups is 1. The molecule has 3 heteroatoms. The Hall–Kier alpha value is -1.82. The fourth-order valence-electron chi connectivity index (χ4n) is 1.57. The van der Waals surface area contributed by atoms with Crippen molar-refractivity contribution >= 4 is 5.90 Å². The van der Waals surface area contributed by atoms with Crippen molar-refractivity contribution in [3.63, 3.8) is 0 Å². The molecule has 0 saturated heterocycles. The molecule has 1 aliphatic heterocycles. The number of nitriles is 1. The van der Waals surface area contributed by atoms with Gasteiger partial charge < -0.3 is 4.74 Å². The van der Waals surface area contributed by atoms with Gasteiger partial charge in [0.2, 0.25) is 0 Å². The van der Waals surface area contributed by atoms with Gasteiger partial charge in [0.15, 0.2) is 5.90 Å². The number of ether oxygens (including phenoxy) is 1. The fraction of sp³-hybridized carbons (Fsp3) is 0.333. The summed E-state index contributed by atoms with van der Waals surface area (Å²) in [5, 5.41) is 8.45. The van der Waals surface area contributed by atoms with Crippen LogP contribution in [-0.2, 0) is 4.74 Å². The van der Waals surface area contributed by atoms with Gasteiger partial charge in [-0.15, -0.1) is 0 Å². The molecular weight excluding hydrogens is 188 g/mol. The number of hydrogen-bond donors (Lipinski definition) is 0. The Morgan fingerprint density at radius 1 is 1.40 bits per heavy atom. The molecule has 1 aromatic rings. The van der Waals surface area contributed by atoms with Gasteiger partial charge in [-0.2, -0.15) is 5.26 Å². The summed E-state index contributed by atoms with van der Waals surface area (Å²) in [5.41, 5.74) is 1.17. The Bertz CT molecular complexity index is 392. The predicted octanol–water partition coefficient (Wildman–Crippen LogP) is 2.46. The van der Waals surface area contributed by atoms with E-state index in [0.717, 1.165) is 0 Å². The van der Waals surface area contributed by atoms with Gasteiger partial charge in [0.05, 0.1) is 6.07 Å². The topological polar surface area (TPSA) is 45.4 Å². The average Bonchev–Trinajstić information content (AvgIpc) is 2.76. The van der Waals surface area contributed by atoms with E-state index < -0.39 is 0 Å². The lowest BCUT2D eigenvalue weighted by atomic mass is 10.1. The van der Waals surface area contributed by atoms with Crippen LogP contribution in [-0.4, -0.2) is 12.5 Å². The Balaban J connectivity index is 2.03. The van der Waals surface area contributed by atoms with E-state index >= 15 is 0 Å². The molecule has 0 unspecified atom stereocenters. The zero-order valence-corrected chi connectivity index (χ0v) is 8.39. The maximum absolute atomic E-state index is 8.45. The van der Waals surface area contributed by atoms with E-state index in [4.69, 9.17) is 10.00 Å². The first kappa shape index (κ1) is 9.72. The molecule has 2 rings (SSSR count). The molecule has 0 N–H and O–H groups in total. The van der Waals surface area contributed by atoms with Crippen LogP contribution in [0.15, 0.2) is 35.3 Å². The predicted molar refractivity (Wildman–Crippen MR) is 57.4 cm³/mol. The van der Waals surface area contributed by atoms with Crippen LogP contribution in [0, 0.1) is 11.3 Å². The van der Waals surface area contributed by atoms with E-state index in [0.29, 0.717) is 25.3 Å². The number of nitrogens with zero attached hydrogens (tertiary/aromatic N) is 2. The maximum Gasteiger partial charge on any atom is 0.185 e. The van der Waals surface area contributed by atoms with Gasteiger partial charge in [-0.1, -0.05) is 30.3 Å². The van der Waals surface area contributed by atoms with Crippen molar-refractivity contribution in [2.45, 2.75) is 18.9 Å². The van der Waals surface area contributed by atoms with Gasteiger partial charge in [-0.25, -0.2) is 4.99 Å². The first-order chi connectivity index (χ1) is 7.40. The van der Waals surface area contributed by atoms with E-state index in [2.05, 4.69) is 11.1 Å². The van der Waals surface area contributed by atoms with Gasteiger partial charge >= 0.3 is 0 Å². The SMILES string of the molecule is N#CCCC1=N[C@@H](c2ccccc2)CO1. The summed E-state index contributed by atoms with van der Waals surface area (Å²) in [4.78, 5) is 4.44. The summed E-state index contributed by atoms with van der Waals surface area (Å²) in [5.74, 6) is 0.713. The van der Waals surface area contributed by atoms with Crippen LogP contribution in [0.3, 0.4) is 0 Å². The van der Waals surface area contributed by atoms with Crippen molar-refractivity contribution in [2.75, 3.05) is 6.61 Å². The molecule has 0 saturated carbocycles. The molecule has 0 aliphatic carbocycles. The molecule has 0 fully saturated rings. The van der Waals surface area contributed by atoms with E-state index in [1.165, 1.54) is 5.56 Å². The minimum Gasteiger partial charge on any atom is -0.478 e. The molecule has 0 bridgehead atoms. The molecular formula is C12H12N2O. The van der Waals surface area contributed by atoms with Crippen molar-refractivity contribution < 1.29 is 4.74 Å². The zero-order chi connectivity index (χ0) is 10.5. The molecule has 1 atom stereocenters. The summed E-state index contributed by atoms with van der Waals surface area (Å²) in [6.45, 7) is 0.602. The summed E-state index contributed by atoms with van der Waals surface area (Å²) in [6, 6.07) is 12.3. The van der Waals surface area contributed by atoms with Gasteiger partial charge in [0.25, 0.3) is 0 Å². The molecule has 15 heavy (non-hydrogen) atoms. The summed E-state index contributed by atoms with van der Waals surface area (Å²) in [6.07, 6.45) is 1.10. The molecule has 0 amide bonds. The summed E-state index contributed by atoms with van der Waals surface area (Å²) >= 11 is 0. The molecule has 3 nitrogen and oxygen atoms in total. The molecule has 0 radical (unpaired) electrons. The van der Waals surface area contributed by atoms with E-state index in [1.54, 1.807) is 0 Å². The second-order valence-electron chi connectivity index (χ2n) is 3.42. The van der Waals surface area contributed by atoms with E-state index in [1.807, 2.05) is 30.3 Å². The van der Waals surface area contributed by atoms with Crippen LogP contribution in [0.4, 0.5) is 0 Å². The highest BCUT2D eigenvalue weighted by atomic mass is 16.5. The van der Waals surface area contributed by atoms with Gasteiger partial charge in [0, 0.05) is 12.8 Å². The highest BCUT2D eigenvalue weighted by molar-refractivity contribution is 5.78. The second kappa shape index (κ2) is 4.61. The van der Waals surface area contributed by atoms with Crippen molar-refractivity contribution in [1.82, 2.24) is 0 Å². The van der Waals surface area contributed by atoms with Crippen LogP contribution < -0.4 is 0 Å². The van der Waals surface area contributed by atoms with Crippen molar-refractivity contribution in [1.29, 1.82) is 5.26 Å². The Labute approximate surface area is 89.0 Å². The van der Waals surface area contributed by atoms with Crippen LogP contribution in [0.2, 0.25) is 0 Å². The lowest BCUT2D eigenvalue weighted by molar-refractivity contribution is 0.312. The normalized spacial score (nSPS) is 19.1. The second-order valence-corrected chi connectivity index (χ2v) is 3.42. The Kier molecular flexibility index (Phi) is 2.99. The van der Waals surface area contributed by atoms with Crippen LogP contribution in [0.25, 0.3) is 0 Å². The Morgan fingerprint density at radius 3 is 2.93 bits per heavy atom. The maximum atomic E-state index is 8.45. The van der Waals surface area contributed by atoms with Crippen LogP contribution >= 0.6 is 0 Å². The monoisotopic (exact) mass is 200 g/mol. The van der Waals surface area contributed by atoms with Crippen LogP contribution in [0.1, 0.15) is 24.4 Å². The van der Waals surface area contributed by atoms with Crippen molar-refractivity contribution in [3.05, 3.63) is 35.9 Å². The van der Waals surface area contributed by atoms with Crippen molar-refractivity contribution in [2.24, 2.45) is 4.99 Å². The highest BCUT2D eigenvalue weighted by Gasteiger charge is 2.19. The average molecular weight is 200 g/mol. The quantitative estimate of drug-likeness (QED) is 0.752. The highest BCUT2D eigenvalue weighted by Crippen LogP contribution is 2.23. The summed E-state index contributed by atoms with van der Waals surface area (Å²) < 4.78 is 5.42. The lowest BCUT2D eigenvalue weighted by Crippen LogP contribution is -1.99. The molecule has 0 aromatic heterocycles. The summed E-state index contributed by atoms with van der Waals surface area (Å²) in [7, 11) is 0. The van der Waals surface area contributed by atoms with Gasteiger partial charge in [0.1, 0.15) is 12.6 Å². The molecule has 1 heterocycles. The zero-order valence-electron chi connectivity index (χ0n) is 8.39. The van der Waals surface area contributed by atoms with E-state index in [9.17, 15) is 0 Å². The molecule has 76 valence electrons. The van der Waals surface area contributed by atoms with E-state index in [-0.39, 0.29) is 6.04 Å². The largest absolute Gasteiger partial charge is 0.478 e. The first-order valence-corrected chi connectivity index (χ1v) is 5.01. The standard InChI is InChI=1S/C12H12N2O/c13-8-4-7-12-14-11(9-15-12)10-5-2-1-3-6-10/h1-3,5-6,11H,4,7,9H2/t11-/m1/s1. The lowest BCUT2D eigenvalue weighted by Gasteiger charge is -2.03. The number of rotatable bonds is 3. The first-order valence-electron chi connectivity index (χ1n) is 5.01. The third-order valence-corrected chi connectivity index (χ3v) is 2.34. The molecule has 1 aliphatic rings. The molecule has 1 aromatic carbocycles. The minimum atomic E-state index is 0.111. The van der Waals surface area contributed by atoms with Crippen molar-refractivity contribution in [3.8, 4) is 6.07 Å². The van der Waals surface area contributed by atoms with Crippen LogP contribution in [0.5, 0.6) is 0 Å². The number of benzene rings is 1. The number of hydrogen-bond acceptors (Lipinski definition) is 3. The smallest absolute Gasteiger partial charge is 0.185 e. The Morgan fingerprint density at radius 2 is 2.20 bits per heavy atom. The minimum absolute atomic E-state index is 0.111. The van der Waals surface area contributed by atoms with Gasteiger partial charge in [-0.3, -0.25) is 0 Å². The third kappa shape index (κ3) is 2.35. The molecule has 0 spiro atoms. The van der Waals surface area contributed by atoms with Gasteiger partial charge in [-0.05, 0) is 5.56 Å². The fourth-order valence-corrected chi connectivity index (χ4v) is 1.57. The third-order valence-electron chi connectivity index (χ3n) is 2.34.